The van der Waals surface area contributed by atoms with E-state index in [1.165, 1.54) is 4.88 Å². The van der Waals surface area contributed by atoms with E-state index in [0.717, 1.165) is 17.5 Å². The van der Waals surface area contributed by atoms with Crippen LogP contribution in [0.3, 0.4) is 0 Å². The Morgan fingerprint density at radius 1 is 1.06 bits per heavy atom. The second kappa shape index (κ2) is 9.90. The SMILES string of the molecule is COCCN1C(=O)c2ccccc2[C@@H](C(=O)NCCc2cccs2)[C@@H]1c1ccccc1. The first-order chi connectivity index (χ1) is 15.2. The molecule has 2 atom stereocenters. The van der Waals surface area contributed by atoms with Gasteiger partial charge in [-0.3, -0.25) is 9.59 Å². The number of methoxy groups -OCH3 is 1. The van der Waals surface area contributed by atoms with E-state index in [1.807, 2.05) is 66.0 Å². The lowest BCUT2D eigenvalue weighted by atomic mass is 9.79. The highest BCUT2D eigenvalue weighted by Gasteiger charge is 2.43. The molecule has 0 unspecified atom stereocenters. The third kappa shape index (κ3) is 4.55. The molecule has 2 aromatic carbocycles. The molecule has 1 aliphatic heterocycles. The van der Waals surface area contributed by atoms with Crippen LogP contribution in [0.25, 0.3) is 0 Å². The fourth-order valence-electron chi connectivity index (χ4n) is 4.21. The van der Waals surface area contributed by atoms with Crippen molar-refractivity contribution in [3.05, 3.63) is 93.7 Å². The maximum Gasteiger partial charge on any atom is 0.254 e. The van der Waals surface area contributed by atoms with Crippen LogP contribution in [0.4, 0.5) is 0 Å². The number of nitrogens with zero attached hydrogens (tertiary/aromatic N) is 1. The molecule has 0 spiro atoms. The Morgan fingerprint density at radius 2 is 1.84 bits per heavy atom. The quantitative estimate of drug-likeness (QED) is 0.582. The zero-order valence-corrected chi connectivity index (χ0v) is 18.3. The molecule has 2 amide bonds. The summed E-state index contributed by atoms with van der Waals surface area (Å²) >= 11 is 1.69. The van der Waals surface area contributed by atoms with Crippen LogP contribution in [0.5, 0.6) is 0 Å². The predicted molar refractivity (Wildman–Crippen MR) is 122 cm³/mol. The van der Waals surface area contributed by atoms with Crippen molar-refractivity contribution in [3.8, 4) is 0 Å². The Morgan fingerprint density at radius 3 is 2.58 bits per heavy atom. The predicted octanol–water partition coefficient (Wildman–Crippen LogP) is 4.03. The molecule has 3 aromatic rings. The van der Waals surface area contributed by atoms with Gasteiger partial charge in [0.1, 0.15) is 0 Å². The van der Waals surface area contributed by atoms with Crippen LogP contribution < -0.4 is 5.32 Å². The van der Waals surface area contributed by atoms with Gasteiger partial charge in [-0.05, 0) is 35.1 Å². The maximum absolute atomic E-state index is 13.5. The van der Waals surface area contributed by atoms with E-state index in [0.29, 0.717) is 25.3 Å². The second-order valence-corrected chi connectivity index (χ2v) is 8.56. The molecule has 2 heterocycles. The highest BCUT2D eigenvalue weighted by molar-refractivity contribution is 7.09. The summed E-state index contributed by atoms with van der Waals surface area (Å²) < 4.78 is 5.27. The molecule has 160 valence electrons. The van der Waals surface area contributed by atoms with Crippen molar-refractivity contribution in [3.63, 3.8) is 0 Å². The number of hydrogen-bond donors (Lipinski definition) is 1. The number of benzene rings is 2. The highest BCUT2D eigenvalue weighted by Crippen LogP contribution is 2.42. The monoisotopic (exact) mass is 434 g/mol. The van der Waals surface area contributed by atoms with Gasteiger partial charge >= 0.3 is 0 Å². The molecule has 6 heteroatoms. The second-order valence-electron chi connectivity index (χ2n) is 7.53. The maximum atomic E-state index is 13.5. The van der Waals surface area contributed by atoms with Crippen LogP contribution in [0.15, 0.2) is 72.1 Å². The van der Waals surface area contributed by atoms with Gasteiger partial charge in [-0.1, -0.05) is 54.6 Å². The molecule has 0 bridgehead atoms. The van der Waals surface area contributed by atoms with Gasteiger partial charge in [-0.25, -0.2) is 0 Å². The number of rotatable bonds is 8. The summed E-state index contributed by atoms with van der Waals surface area (Å²) in [7, 11) is 1.62. The fourth-order valence-corrected chi connectivity index (χ4v) is 4.91. The third-order valence-electron chi connectivity index (χ3n) is 5.65. The first-order valence-corrected chi connectivity index (χ1v) is 11.3. The van der Waals surface area contributed by atoms with E-state index in [9.17, 15) is 9.59 Å². The summed E-state index contributed by atoms with van der Waals surface area (Å²) in [6.07, 6.45) is 0.792. The fraction of sp³-hybridized carbons (Fsp3) is 0.280. The zero-order chi connectivity index (χ0) is 21.6. The number of amides is 2. The van der Waals surface area contributed by atoms with Crippen molar-refractivity contribution in [2.45, 2.75) is 18.4 Å². The van der Waals surface area contributed by atoms with E-state index < -0.39 is 5.92 Å². The molecule has 0 fully saturated rings. The Bertz CT molecular complexity index is 1020. The van der Waals surface area contributed by atoms with Crippen molar-refractivity contribution >= 4 is 23.2 Å². The largest absolute Gasteiger partial charge is 0.383 e. The average molecular weight is 435 g/mol. The Kier molecular flexibility index (Phi) is 6.79. The van der Waals surface area contributed by atoms with Gasteiger partial charge in [-0.2, -0.15) is 0 Å². The molecule has 0 saturated heterocycles. The standard InChI is InChI=1S/C25H26N2O3S/c1-30-16-15-27-23(18-8-3-2-4-9-18)22(20-11-5-6-12-21(20)25(27)29)24(28)26-14-13-19-10-7-17-31-19/h2-12,17,22-23H,13-16H2,1H3,(H,26,28)/t22-,23+/m1/s1. The van der Waals surface area contributed by atoms with Crippen molar-refractivity contribution in [1.82, 2.24) is 10.2 Å². The number of hydrogen-bond acceptors (Lipinski definition) is 4. The van der Waals surface area contributed by atoms with Crippen LogP contribution in [0.1, 0.15) is 38.3 Å². The number of thiophene rings is 1. The number of fused-ring (bicyclic) bond motifs is 1. The van der Waals surface area contributed by atoms with Crippen LogP contribution >= 0.6 is 11.3 Å². The summed E-state index contributed by atoms with van der Waals surface area (Å²) in [5.74, 6) is -0.617. The van der Waals surface area contributed by atoms with Gasteiger partial charge in [0.2, 0.25) is 5.91 Å². The van der Waals surface area contributed by atoms with Gasteiger partial charge in [0, 0.05) is 30.6 Å². The van der Waals surface area contributed by atoms with Crippen LogP contribution in [0.2, 0.25) is 0 Å². The molecule has 31 heavy (non-hydrogen) atoms. The number of nitrogens with one attached hydrogen (secondary N) is 1. The lowest BCUT2D eigenvalue weighted by molar-refractivity contribution is -0.124. The Balaban J connectivity index is 1.69. The molecule has 0 saturated carbocycles. The molecule has 5 nitrogen and oxygen atoms in total. The third-order valence-corrected chi connectivity index (χ3v) is 6.59. The lowest BCUT2D eigenvalue weighted by Gasteiger charge is -2.41. The lowest BCUT2D eigenvalue weighted by Crippen LogP contribution is -2.48. The van der Waals surface area contributed by atoms with Gasteiger partial charge in [0.05, 0.1) is 18.6 Å². The smallest absolute Gasteiger partial charge is 0.254 e. The minimum Gasteiger partial charge on any atom is -0.383 e. The Labute approximate surface area is 186 Å². The minimum absolute atomic E-state index is 0.0622. The summed E-state index contributed by atoms with van der Waals surface area (Å²) in [4.78, 5) is 29.9. The summed E-state index contributed by atoms with van der Waals surface area (Å²) in [5.41, 5.74) is 2.31. The summed E-state index contributed by atoms with van der Waals surface area (Å²) in [6.45, 7) is 1.39. The van der Waals surface area contributed by atoms with Crippen molar-refractivity contribution < 1.29 is 14.3 Å². The van der Waals surface area contributed by atoms with Crippen LogP contribution in [-0.2, 0) is 16.0 Å². The molecule has 1 N–H and O–H groups in total. The summed E-state index contributed by atoms with van der Waals surface area (Å²) in [6, 6.07) is 21.0. The van der Waals surface area contributed by atoms with Crippen molar-refractivity contribution in [2.24, 2.45) is 0 Å². The molecular formula is C25H26N2O3S. The van der Waals surface area contributed by atoms with E-state index in [1.54, 1.807) is 23.3 Å². The van der Waals surface area contributed by atoms with Crippen molar-refractivity contribution in [1.29, 1.82) is 0 Å². The highest BCUT2D eigenvalue weighted by atomic mass is 32.1. The number of carbonyl (C=O) groups excluding carboxylic acids is 2. The van der Waals surface area contributed by atoms with E-state index in [2.05, 4.69) is 11.4 Å². The van der Waals surface area contributed by atoms with Gasteiger partial charge in [0.15, 0.2) is 0 Å². The minimum atomic E-state index is -0.489. The van der Waals surface area contributed by atoms with Gasteiger partial charge < -0.3 is 15.0 Å². The zero-order valence-electron chi connectivity index (χ0n) is 17.5. The van der Waals surface area contributed by atoms with Crippen LogP contribution in [-0.4, -0.2) is 43.5 Å². The van der Waals surface area contributed by atoms with E-state index in [-0.39, 0.29) is 17.9 Å². The number of carbonyl (C=O) groups is 2. The van der Waals surface area contributed by atoms with Gasteiger partial charge in [0.25, 0.3) is 5.91 Å². The van der Waals surface area contributed by atoms with Gasteiger partial charge in [-0.15, -0.1) is 11.3 Å². The number of ether oxygens (including phenoxy) is 1. The molecule has 0 radical (unpaired) electrons. The first-order valence-electron chi connectivity index (χ1n) is 10.4. The molecular weight excluding hydrogens is 408 g/mol. The Hall–Kier alpha value is -2.96. The van der Waals surface area contributed by atoms with Crippen LogP contribution in [0, 0.1) is 0 Å². The summed E-state index contributed by atoms with van der Waals surface area (Å²) in [5, 5.41) is 5.16. The normalized spacial score (nSPS) is 18.0. The average Bonchev–Trinajstić information content (AvgIpc) is 3.32. The topological polar surface area (TPSA) is 58.6 Å². The van der Waals surface area contributed by atoms with E-state index in [4.69, 9.17) is 4.74 Å². The first kappa shape index (κ1) is 21.3. The molecule has 1 aromatic heterocycles. The van der Waals surface area contributed by atoms with Crippen molar-refractivity contribution in [2.75, 3.05) is 26.8 Å². The van der Waals surface area contributed by atoms with E-state index >= 15 is 0 Å². The molecule has 0 aliphatic carbocycles. The molecule has 4 rings (SSSR count). The molecule has 1 aliphatic rings.